The number of benzene rings is 1. The third-order valence-corrected chi connectivity index (χ3v) is 5.89. The van der Waals surface area contributed by atoms with Gasteiger partial charge in [-0.15, -0.1) is 0 Å². The molecule has 0 atom stereocenters. The number of halogens is 4. The van der Waals surface area contributed by atoms with Crippen LogP contribution in [0.15, 0.2) is 35.1 Å². The minimum absolute atomic E-state index is 0.114. The Kier molecular flexibility index (Phi) is 5.50. The molecule has 1 fully saturated rings. The van der Waals surface area contributed by atoms with E-state index in [2.05, 4.69) is 30.9 Å². The second-order valence-electron chi connectivity index (χ2n) is 8.18. The zero-order valence-electron chi connectivity index (χ0n) is 18.3. The number of rotatable bonds is 6. The summed E-state index contributed by atoms with van der Waals surface area (Å²) in [5.74, 6) is -1.02. The number of aliphatic hydroxyl groups excluding tert-OH is 1. The summed E-state index contributed by atoms with van der Waals surface area (Å²) in [6.45, 7) is -0.0843. The Morgan fingerprint density at radius 1 is 1.22 bits per heavy atom. The number of hydrogen-bond acceptors (Lipinski definition) is 8. The first-order valence-electron chi connectivity index (χ1n) is 10.6. The van der Waals surface area contributed by atoms with Crippen LogP contribution in [0.5, 0.6) is 0 Å². The number of anilines is 3. The summed E-state index contributed by atoms with van der Waals surface area (Å²) in [4.78, 5) is 20.3. The zero-order valence-corrected chi connectivity index (χ0v) is 18.3. The van der Waals surface area contributed by atoms with Gasteiger partial charge in [-0.25, -0.2) is 23.8 Å². The molecule has 0 radical (unpaired) electrons. The summed E-state index contributed by atoms with van der Waals surface area (Å²) >= 11 is 0. The van der Waals surface area contributed by atoms with Gasteiger partial charge in [-0.1, -0.05) is 11.2 Å². The molecule has 5 N–H and O–H groups in total. The number of hydrogen-bond donors (Lipinski definition) is 4. The number of aromatic nitrogens is 5. The molecule has 1 aliphatic carbocycles. The third-order valence-electron chi connectivity index (χ3n) is 5.89. The molecule has 188 valence electrons. The molecular formula is C21H18F4N8O3. The summed E-state index contributed by atoms with van der Waals surface area (Å²) in [7, 11) is 0. The topological polar surface area (TPSA) is 157 Å². The van der Waals surface area contributed by atoms with Crippen LogP contribution in [0.1, 0.15) is 18.5 Å². The first-order valence-corrected chi connectivity index (χ1v) is 10.6. The first-order chi connectivity index (χ1) is 17.1. The maximum Gasteiger partial charge on any atom is 0.400 e. The Labute approximate surface area is 199 Å². The smallest absolute Gasteiger partial charge is 0.394 e. The van der Waals surface area contributed by atoms with Gasteiger partial charge in [-0.2, -0.15) is 18.3 Å². The van der Waals surface area contributed by atoms with Gasteiger partial charge < -0.3 is 20.7 Å². The lowest BCUT2D eigenvalue weighted by Crippen LogP contribution is -2.28. The van der Waals surface area contributed by atoms with E-state index in [0.717, 1.165) is 12.1 Å². The minimum Gasteiger partial charge on any atom is -0.394 e. The van der Waals surface area contributed by atoms with E-state index >= 15 is 0 Å². The van der Waals surface area contributed by atoms with Crippen LogP contribution in [0, 0.1) is 5.82 Å². The predicted molar refractivity (Wildman–Crippen MR) is 118 cm³/mol. The van der Waals surface area contributed by atoms with Crippen LogP contribution in [0.2, 0.25) is 0 Å². The highest BCUT2D eigenvalue weighted by atomic mass is 19.4. The summed E-state index contributed by atoms with van der Waals surface area (Å²) in [5.41, 5.74) is 4.32. The van der Waals surface area contributed by atoms with E-state index in [1.807, 2.05) is 0 Å². The largest absolute Gasteiger partial charge is 0.400 e. The van der Waals surface area contributed by atoms with E-state index < -0.39 is 23.4 Å². The fourth-order valence-electron chi connectivity index (χ4n) is 3.88. The van der Waals surface area contributed by atoms with Crippen molar-refractivity contribution in [2.24, 2.45) is 0 Å². The highest BCUT2D eigenvalue weighted by Gasteiger charge is 2.66. The first kappa shape index (κ1) is 23.5. The summed E-state index contributed by atoms with van der Waals surface area (Å²) in [6.07, 6.45) is -3.46. The number of amides is 2. The number of alkyl halides is 3. The Hall–Kier alpha value is -4.27. The van der Waals surface area contributed by atoms with Gasteiger partial charge in [0.2, 0.25) is 5.88 Å². The van der Waals surface area contributed by atoms with Crippen molar-refractivity contribution in [3.63, 3.8) is 0 Å². The van der Waals surface area contributed by atoms with Gasteiger partial charge in [0.25, 0.3) is 0 Å². The van der Waals surface area contributed by atoms with Crippen LogP contribution >= 0.6 is 0 Å². The van der Waals surface area contributed by atoms with Crippen molar-refractivity contribution in [1.29, 1.82) is 0 Å². The number of nitrogens with zero attached hydrogens (tertiary/aromatic N) is 5. The van der Waals surface area contributed by atoms with Crippen molar-refractivity contribution in [3.05, 3.63) is 42.1 Å². The zero-order chi connectivity index (χ0) is 25.7. The molecule has 15 heteroatoms. The van der Waals surface area contributed by atoms with Gasteiger partial charge in [0.05, 0.1) is 24.2 Å². The van der Waals surface area contributed by atoms with Gasteiger partial charge in [-0.3, -0.25) is 5.32 Å². The highest BCUT2D eigenvalue weighted by Crippen LogP contribution is 2.58. The predicted octanol–water partition coefficient (Wildman–Crippen LogP) is 3.43. The number of carbonyl (C=O) groups excluding carboxylic acids is 1. The number of fused-ring (bicyclic) bond motifs is 1. The van der Waals surface area contributed by atoms with E-state index in [-0.39, 0.29) is 54.8 Å². The number of nitrogens with one attached hydrogen (secondary N) is 2. The Bertz CT molecular complexity index is 1460. The highest BCUT2D eigenvalue weighted by molar-refractivity contribution is 6.00. The number of nitrogens with two attached hydrogens (primary N) is 1. The van der Waals surface area contributed by atoms with E-state index in [0.29, 0.717) is 16.6 Å². The lowest BCUT2D eigenvalue weighted by atomic mass is 10.0. The number of nitrogen functional groups attached to an aromatic ring is 1. The molecule has 2 amide bonds. The molecule has 36 heavy (non-hydrogen) atoms. The van der Waals surface area contributed by atoms with Crippen molar-refractivity contribution in [2.45, 2.75) is 31.0 Å². The van der Waals surface area contributed by atoms with Crippen LogP contribution in [-0.4, -0.2) is 48.8 Å². The standard InChI is InChI=1S/C21H18F4N8O3/c22-11-7-10(16-15-17(26)27-9-28-18(15)33(31-16)5-6-34)1-2-12(11)29-19(35)30-14-8-13(32-36-14)20(3-4-20)21(23,24)25/h1-2,7-9,34H,3-6H2,(H2,26,27,28)(H2,29,30,35). The molecule has 1 saturated carbocycles. The number of urea groups is 1. The molecule has 1 aliphatic rings. The van der Waals surface area contributed by atoms with Crippen LogP contribution in [0.4, 0.5) is 39.7 Å². The fraction of sp³-hybridized carbons (Fsp3) is 0.286. The van der Waals surface area contributed by atoms with Gasteiger partial charge in [-0.05, 0) is 25.0 Å². The third kappa shape index (κ3) is 3.96. The summed E-state index contributed by atoms with van der Waals surface area (Å²) in [6, 6.07) is 3.91. The molecule has 3 heterocycles. The molecule has 0 spiro atoms. The lowest BCUT2D eigenvalue weighted by Gasteiger charge is -2.15. The van der Waals surface area contributed by atoms with Crippen molar-refractivity contribution in [3.8, 4) is 11.3 Å². The molecule has 0 unspecified atom stereocenters. The summed E-state index contributed by atoms with van der Waals surface area (Å²) in [5, 5.41) is 21.9. The molecular weight excluding hydrogens is 488 g/mol. The van der Waals surface area contributed by atoms with Crippen LogP contribution < -0.4 is 16.4 Å². The molecule has 3 aromatic heterocycles. The van der Waals surface area contributed by atoms with Crippen molar-refractivity contribution < 1.29 is 32.0 Å². The van der Waals surface area contributed by atoms with Crippen molar-refractivity contribution in [1.82, 2.24) is 24.9 Å². The summed E-state index contributed by atoms with van der Waals surface area (Å²) < 4.78 is 60.8. The average molecular weight is 506 g/mol. The lowest BCUT2D eigenvalue weighted by molar-refractivity contribution is -0.161. The Morgan fingerprint density at radius 2 is 2.00 bits per heavy atom. The van der Waals surface area contributed by atoms with Gasteiger partial charge in [0.1, 0.15) is 34.8 Å². The molecule has 11 nitrogen and oxygen atoms in total. The Morgan fingerprint density at radius 3 is 2.67 bits per heavy atom. The van der Waals surface area contributed by atoms with E-state index in [1.165, 1.54) is 23.1 Å². The maximum atomic E-state index is 14.8. The van der Waals surface area contributed by atoms with Crippen LogP contribution in [0.3, 0.4) is 0 Å². The van der Waals surface area contributed by atoms with E-state index in [1.54, 1.807) is 0 Å². The van der Waals surface area contributed by atoms with E-state index in [4.69, 9.17) is 10.3 Å². The SMILES string of the molecule is Nc1ncnc2c1c(-c1ccc(NC(=O)Nc3cc(C4(C(F)(F)F)CC4)no3)c(F)c1)nn2CCO. The molecule has 0 saturated heterocycles. The van der Waals surface area contributed by atoms with Crippen molar-refractivity contribution in [2.75, 3.05) is 23.0 Å². The average Bonchev–Trinajstić information content (AvgIpc) is 3.39. The Balaban J connectivity index is 1.34. The van der Waals surface area contributed by atoms with Crippen LogP contribution in [0.25, 0.3) is 22.3 Å². The van der Waals surface area contributed by atoms with Gasteiger partial charge in [0.15, 0.2) is 5.65 Å². The second kappa shape index (κ2) is 8.44. The normalized spacial score (nSPS) is 14.7. The van der Waals surface area contributed by atoms with Gasteiger partial charge >= 0.3 is 12.2 Å². The van der Waals surface area contributed by atoms with Crippen LogP contribution in [-0.2, 0) is 12.0 Å². The molecule has 0 bridgehead atoms. The molecule has 1 aromatic carbocycles. The minimum atomic E-state index is -4.48. The van der Waals surface area contributed by atoms with E-state index in [9.17, 15) is 27.5 Å². The second-order valence-corrected chi connectivity index (χ2v) is 8.18. The fourth-order valence-corrected chi connectivity index (χ4v) is 3.88. The quantitative estimate of drug-likeness (QED) is 0.290. The number of aliphatic hydroxyl groups is 1. The monoisotopic (exact) mass is 506 g/mol. The van der Waals surface area contributed by atoms with Gasteiger partial charge in [0, 0.05) is 11.6 Å². The maximum absolute atomic E-state index is 14.8. The molecule has 0 aliphatic heterocycles. The molecule has 5 rings (SSSR count). The molecule has 4 aromatic rings. The van der Waals surface area contributed by atoms with Crippen molar-refractivity contribution >= 4 is 34.5 Å². The number of carbonyl (C=O) groups is 1.